The molecule has 0 saturated heterocycles. The van der Waals surface area contributed by atoms with Gasteiger partial charge in [-0.2, -0.15) is 4.98 Å². The summed E-state index contributed by atoms with van der Waals surface area (Å²) in [6.45, 7) is 3.60. The van der Waals surface area contributed by atoms with Crippen LogP contribution in [0.2, 0.25) is 10.0 Å². The lowest BCUT2D eigenvalue weighted by Crippen LogP contribution is -2.30. The Bertz CT molecular complexity index is 1190. The molecule has 1 N–H and O–H groups in total. The van der Waals surface area contributed by atoms with Crippen LogP contribution >= 0.6 is 35.0 Å². The number of hydrogen-bond acceptors (Lipinski definition) is 6. The second kappa shape index (κ2) is 9.52. The Morgan fingerprint density at radius 1 is 1.22 bits per heavy atom. The molecular weight excluding hydrogens is 474 g/mol. The Morgan fingerprint density at radius 2 is 1.97 bits per heavy atom. The van der Waals surface area contributed by atoms with Crippen molar-refractivity contribution < 1.29 is 13.9 Å². The van der Waals surface area contributed by atoms with Crippen molar-refractivity contribution in [1.29, 1.82) is 0 Å². The number of esters is 1. The maximum Gasteiger partial charge on any atom is 0.338 e. The summed E-state index contributed by atoms with van der Waals surface area (Å²) in [6, 6.07) is 11.0. The lowest BCUT2D eigenvalue weighted by atomic mass is 9.95. The fraction of sp³-hybridized carbons (Fsp3) is 0.227. The highest BCUT2D eigenvalue weighted by Gasteiger charge is 2.37. The van der Waals surface area contributed by atoms with Gasteiger partial charge in [-0.05, 0) is 37.6 Å². The Kier molecular flexibility index (Phi) is 6.74. The van der Waals surface area contributed by atoms with Gasteiger partial charge in [0, 0.05) is 27.1 Å². The molecule has 32 heavy (non-hydrogen) atoms. The van der Waals surface area contributed by atoms with Gasteiger partial charge in [0.15, 0.2) is 0 Å². The van der Waals surface area contributed by atoms with Crippen LogP contribution in [0.4, 0.5) is 10.3 Å². The molecule has 0 fully saturated rings. The number of nitrogens with one attached hydrogen (secondary N) is 1. The highest BCUT2D eigenvalue weighted by atomic mass is 35.5. The Balaban J connectivity index is 1.76. The number of carbonyl (C=O) groups is 1. The van der Waals surface area contributed by atoms with Crippen LogP contribution in [0.25, 0.3) is 0 Å². The average molecular weight is 493 g/mol. The largest absolute Gasteiger partial charge is 0.463 e. The van der Waals surface area contributed by atoms with Gasteiger partial charge < -0.3 is 10.1 Å². The summed E-state index contributed by atoms with van der Waals surface area (Å²) in [7, 11) is 0. The summed E-state index contributed by atoms with van der Waals surface area (Å²) in [5.41, 5.74) is 1.79. The van der Waals surface area contributed by atoms with E-state index in [4.69, 9.17) is 27.9 Å². The summed E-state index contributed by atoms with van der Waals surface area (Å²) in [4.78, 5) is 17.3. The number of ether oxygens (including phenoxy) is 1. The second-order valence-electron chi connectivity index (χ2n) is 6.96. The molecule has 0 radical (unpaired) electrons. The number of nitrogens with zero attached hydrogens (tertiary/aromatic N) is 3. The fourth-order valence-electron chi connectivity index (χ4n) is 3.46. The standard InChI is InChI=1S/C22H19Cl2FN4O2S/c1-3-31-20(30)17-12(2)26-21-27-22(32-11-13-7-4-5-8-14(13)23)28-29(21)19(17)18-15(24)9-6-10-16(18)25/h4-10,19H,3,11H2,1-2H3,(H,26,27,28). The van der Waals surface area contributed by atoms with Crippen molar-refractivity contribution in [3.05, 3.63) is 80.7 Å². The van der Waals surface area contributed by atoms with E-state index in [9.17, 15) is 9.18 Å². The van der Waals surface area contributed by atoms with Crippen molar-refractivity contribution in [3.8, 4) is 0 Å². The van der Waals surface area contributed by atoms with Gasteiger partial charge in [0.05, 0.1) is 12.2 Å². The number of halogens is 3. The predicted molar refractivity (Wildman–Crippen MR) is 124 cm³/mol. The first-order chi connectivity index (χ1) is 15.4. The molecule has 2 heterocycles. The van der Waals surface area contributed by atoms with Crippen LogP contribution in [0.15, 0.2) is 58.9 Å². The topological polar surface area (TPSA) is 69.0 Å². The molecule has 0 spiro atoms. The third-order valence-electron chi connectivity index (χ3n) is 4.92. The van der Waals surface area contributed by atoms with Crippen molar-refractivity contribution in [3.63, 3.8) is 0 Å². The average Bonchev–Trinajstić information content (AvgIpc) is 3.15. The van der Waals surface area contributed by atoms with Crippen molar-refractivity contribution >= 4 is 46.9 Å². The van der Waals surface area contributed by atoms with E-state index in [0.717, 1.165) is 5.56 Å². The van der Waals surface area contributed by atoms with E-state index in [-0.39, 0.29) is 22.8 Å². The van der Waals surface area contributed by atoms with Crippen molar-refractivity contribution in [2.24, 2.45) is 0 Å². The Labute approximate surface area is 198 Å². The number of benzene rings is 2. The zero-order chi connectivity index (χ0) is 22.8. The summed E-state index contributed by atoms with van der Waals surface area (Å²) in [5, 5.41) is 8.92. The highest BCUT2D eigenvalue weighted by molar-refractivity contribution is 7.98. The van der Waals surface area contributed by atoms with Crippen LogP contribution in [-0.2, 0) is 15.3 Å². The molecule has 3 aromatic rings. The molecule has 0 amide bonds. The minimum atomic E-state index is -0.929. The van der Waals surface area contributed by atoms with Gasteiger partial charge >= 0.3 is 5.97 Å². The first kappa shape index (κ1) is 22.6. The van der Waals surface area contributed by atoms with Gasteiger partial charge in [-0.1, -0.05) is 59.2 Å². The van der Waals surface area contributed by atoms with Gasteiger partial charge in [0.25, 0.3) is 0 Å². The number of hydrogen-bond donors (Lipinski definition) is 1. The molecule has 0 saturated carbocycles. The van der Waals surface area contributed by atoms with Crippen molar-refractivity contribution in [2.75, 3.05) is 11.9 Å². The van der Waals surface area contributed by atoms with Crippen LogP contribution in [0.1, 0.15) is 31.0 Å². The number of fused-ring (bicyclic) bond motifs is 1. The van der Waals surface area contributed by atoms with Gasteiger partial charge in [-0.3, -0.25) is 0 Å². The lowest BCUT2D eigenvalue weighted by Gasteiger charge is -2.28. The molecule has 1 aliphatic rings. The van der Waals surface area contributed by atoms with E-state index in [0.29, 0.717) is 27.6 Å². The van der Waals surface area contributed by atoms with Gasteiger partial charge in [-0.25, -0.2) is 13.9 Å². The molecule has 6 nitrogen and oxygen atoms in total. The van der Waals surface area contributed by atoms with Gasteiger partial charge in [-0.15, -0.1) is 5.10 Å². The number of anilines is 1. The maximum absolute atomic E-state index is 14.9. The smallest absolute Gasteiger partial charge is 0.338 e. The Morgan fingerprint density at radius 3 is 2.69 bits per heavy atom. The minimum absolute atomic E-state index is 0.131. The first-order valence-electron chi connectivity index (χ1n) is 9.82. The molecule has 0 bridgehead atoms. The van der Waals surface area contributed by atoms with E-state index in [2.05, 4.69) is 15.4 Å². The van der Waals surface area contributed by atoms with E-state index >= 15 is 0 Å². The van der Waals surface area contributed by atoms with E-state index < -0.39 is 17.8 Å². The SMILES string of the molecule is CCOC(=O)C1=C(C)Nc2nc(SCc3ccccc3Cl)nn2C1c1c(F)cccc1Cl. The number of aromatic nitrogens is 3. The highest BCUT2D eigenvalue weighted by Crippen LogP contribution is 2.40. The molecule has 4 rings (SSSR count). The molecule has 2 aromatic carbocycles. The fourth-order valence-corrected chi connectivity index (χ4v) is 4.84. The zero-order valence-electron chi connectivity index (χ0n) is 17.2. The summed E-state index contributed by atoms with van der Waals surface area (Å²) >= 11 is 14.0. The van der Waals surface area contributed by atoms with E-state index in [1.54, 1.807) is 19.9 Å². The summed E-state index contributed by atoms with van der Waals surface area (Å²) < 4.78 is 21.6. The van der Waals surface area contributed by atoms with Crippen LogP contribution in [0.5, 0.6) is 0 Å². The second-order valence-corrected chi connectivity index (χ2v) is 8.72. The van der Waals surface area contributed by atoms with Crippen molar-refractivity contribution in [2.45, 2.75) is 30.8 Å². The van der Waals surface area contributed by atoms with Crippen LogP contribution in [-0.4, -0.2) is 27.3 Å². The van der Waals surface area contributed by atoms with E-state index in [1.807, 2.05) is 24.3 Å². The third-order valence-corrected chi connectivity index (χ3v) is 6.50. The lowest BCUT2D eigenvalue weighted by molar-refractivity contribution is -0.139. The molecule has 1 aliphatic heterocycles. The predicted octanol–water partition coefficient (Wildman–Crippen LogP) is 5.87. The molecule has 1 aromatic heterocycles. The number of rotatable bonds is 6. The number of carbonyl (C=O) groups excluding carboxylic acids is 1. The molecule has 166 valence electrons. The molecular formula is C22H19Cl2FN4O2S. The third kappa shape index (κ3) is 4.35. The molecule has 10 heteroatoms. The summed E-state index contributed by atoms with van der Waals surface area (Å²) in [5.74, 6) is -0.203. The molecule has 1 atom stereocenters. The Hall–Kier alpha value is -2.55. The van der Waals surface area contributed by atoms with E-state index in [1.165, 1.54) is 28.6 Å². The molecule has 1 unspecified atom stereocenters. The normalized spacial score (nSPS) is 15.3. The monoisotopic (exact) mass is 492 g/mol. The number of thioether (sulfide) groups is 1. The van der Waals surface area contributed by atoms with Crippen LogP contribution in [0, 0.1) is 5.82 Å². The van der Waals surface area contributed by atoms with Crippen molar-refractivity contribution in [1.82, 2.24) is 14.8 Å². The van der Waals surface area contributed by atoms with Crippen LogP contribution in [0.3, 0.4) is 0 Å². The number of allylic oxidation sites excluding steroid dienone is 1. The minimum Gasteiger partial charge on any atom is -0.463 e. The quantitative estimate of drug-likeness (QED) is 0.342. The van der Waals surface area contributed by atoms with Gasteiger partial charge in [0.2, 0.25) is 11.1 Å². The first-order valence-corrected chi connectivity index (χ1v) is 11.6. The van der Waals surface area contributed by atoms with Gasteiger partial charge in [0.1, 0.15) is 11.9 Å². The van der Waals surface area contributed by atoms with Crippen LogP contribution < -0.4 is 5.32 Å². The maximum atomic E-state index is 14.9. The molecule has 0 aliphatic carbocycles. The zero-order valence-corrected chi connectivity index (χ0v) is 19.6. The summed E-state index contributed by atoms with van der Waals surface area (Å²) in [6.07, 6.45) is 0.